The van der Waals surface area contributed by atoms with Crippen LogP contribution in [-0.4, -0.2) is 41.2 Å². The molecule has 2 aromatic heterocycles. The molecule has 3 rings (SSSR count). The van der Waals surface area contributed by atoms with Gasteiger partial charge >= 0.3 is 0 Å². The highest BCUT2D eigenvalue weighted by atomic mass is 35.5. The standard InChI is InChI=1S/C15H18ClN5O/c1-22-15-8-14(18-10-19-15)20-11-3-6-21(7-4-11)13-2-5-17-9-12(13)16/h2,5,8-11H,3-4,6-7H2,1H3,(H,18,19,20). The Balaban J connectivity index is 1.59. The van der Waals surface area contributed by atoms with E-state index in [0.29, 0.717) is 16.9 Å². The van der Waals surface area contributed by atoms with Crippen molar-refractivity contribution in [3.8, 4) is 5.88 Å². The van der Waals surface area contributed by atoms with Crippen LogP contribution < -0.4 is 15.0 Å². The van der Waals surface area contributed by atoms with Gasteiger partial charge in [0.15, 0.2) is 0 Å². The van der Waals surface area contributed by atoms with Crippen LogP contribution in [0.25, 0.3) is 0 Å². The van der Waals surface area contributed by atoms with Crippen molar-refractivity contribution in [2.24, 2.45) is 0 Å². The summed E-state index contributed by atoms with van der Waals surface area (Å²) in [5.74, 6) is 1.37. The molecular weight excluding hydrogens is 302 g/mol. The van der Waals surface area contributed by atoms with Gasteiger partial charge in [0.05, 0.1) is 17.8 Å². The van der Waals surface area contributed by atoms with Gasteiger partial charge in [-0.1, -0.05) is 11.6 Å². The molecule has 1 aliphatic rings. The predicted octanol–water partition coefficient (Wildman–Crippen LogP) is 2.61. The Labute approximate surface area is 134 Å². The van der Waals surface area contributed by atoms with Crippen LogP contribution >= 0.6 is 11.6 Å². The first-order valence-corrected chi connectivity index (χ1v) is 7.61. The number of rotatable bonds is 4. The summed E-state index contributed by atoms with van der Waals surface area (Å²) in [6.07, 6.45) is 7.01. The second kappa shape index (κ2) is 6.79. The molecule has 3 heterocycles. The molecule has 0 spiro atoms. The normalized spacial score (nSPS) is 15.6. The van der Waals surface area contributed by atoms with E-state index in [0.717, 1.165) is 37.4 Å². The minimum atomic E-state index is 0.386. The third-order valence-electron chi connectivity index (χ3n) is 3.79. The molecule has 1 N–H and O–H groups in total. The lowest BCUT2D eigenvalue weighted by molar-refractivity contribution is 0.397. The predicted molar refractivity (Wildman–Crippen MR) is 86.7 cm³/mol. The molecule has 1 saturated heterocycles. The van der Waals surface area contributed by atoms with E-state index in [1.807, 2.05) is 12.1 Å². The highest BCUT2D eigenvalue weighted by molar-refractivity contribution is 6.33. The number of halogens is 1. The van der Waals surface area contributed by atoms with Gasteiger partial charge in [-0.15, -0.1) is 0 Å². The van der Waals surface area contributed by atoms with Crippen LogP contribution in [-0.2, 0) is 0 Å². The van der Waals surface area contributed by atoms with Gasteiger partial charge < -0.3 is 15.0 Å². The average molecular weight is 320 g/mol. The molecule has 1 fully saturated rings. The Morgan fingerprint density at radius 3 is 2.86 bits per heavy atom. The number of hydrogen-bond acceptors (Lipinski definition) is 6. The maximum atomic E-state index is 6.21. The van der Waals surface area contributed by atoms with Gasteiger partial charge in [-0.2, -0.15) is 0 Å². The number of ether oxygens (including phenoxy) is 1. The fraction of sp³-hybridized carbons (Fsp3) is 0.400. The van der Waals surface area contributed by atoms with Crippen molar-refractivity contribution in [3.63, 3.8) is 0 Å². The highest BCUT2D eigenvalue weighted by Crippen LogP contribution is 2.27. The minimum absolute atomic E-state index is 0.386. The van der Waals surface area contributed by atoms with Crippen LogP contribution in [0.5, 0.6) is 5.88 Å². The summed E-state index contributed by atoms with van der Waals surface area (Å²) in [6.45, 7) is 1.90. The summed E-state index contributed by atoms with van der Waals surface area (Å²) >= 11 is 6.21. The summed E-state index contributed by atoms with van der Waals surface area (Å²) in [7, 11) is 1.60. The summed E-state index contributed by atoms with van der Waals surface area (Å²) < 4.78 is 5.11. The lowest BCUT2D eigenvalue weighted by Crippen LogP contribution is -2.39. The molecule has 2 aromatic rings. The third-order valence-corrected chi connectivity index (χ3v) is 4.08. The largest absolute Gasteiger partial charge is 0.481 e. The summed E-state index contributed by atoms with van der Waals surface area (Å²) in [5, 5.41) is 4.14. The summed E-state index contributed by atoms with van der Waals surface area (Å²) in [6, 6.07) is 4.16. The zero-order valence-electron chi connectivity index (χ0n) is 12.4. The molecule has 0 atom stereocenters. The van der Waals surface area contributed by atoms with Crippen LogP contribution in [0.3, 0.4) is 0 Å². The Hall–Kier alpha value is -2.08. The Bertz CT molecular complexity index is 631. The molecule has 0 unspecified atom stereocenters. The van der Waals surface area contributed by atoms with E-state index in [1.165, 1.54) is 6.33 Å². The molecule has 7 heteroatoms. The lowest BCUT2D eigenvalue weighted by Gasteiger charge is -2.34. The van der Waals surface area contributed by atoms with Crippen LogP contribution in [0.4, 0.5) is 11.5 Å². The molecular formula is C15H18ClN5O. The highest BCUT2D eigenvalue weighted by Gasteiger charge is 2.21. The number of anilines is 2. The van der Waals surface area contributed by atoms with Gasteiger partial charge in [0.2, 0.25) is 5.88 Å². The monoisotopic (exact) mass is 319 g/mol. The van der Waals surface area contributed by atoms with E-state index in [-0.39, 0.29) is 0 Å². The number of piperidine rings is 1. The number of methoxy groups -OCH3 is 1. The fourth-order valence-electron chi connectivity index (χ4n) is 2.63. The number of nitrogens with one attached hydrogen (secondary N) is 1. The van der Waals surface area contributed by atoms with E-state index in [4.69, 9.17) is 16.3 Å². The number of hydrogen-bond donors (Lipinski definition) is 1. The van der Waals surface area contributed by atoms with Gasteiger partial charge in [-0.05, 0) is 18.9 Å². The quantitative estimate of drug-likeness (QED) is 0.934. The summed E-state index contributed by atoms with van der Waals surface area (Å²) in [4.78, 5) is 14.6. The molecule has 22 heavy (non-hydrogen) atoms. The molecule has 0 radical (unpaired) electrons. The maximum Gasteiger partial charge on any atom is 0.218 e. The van der Waals surface area contributed by atoms with Crippen molar-refractivity contribution in [1.29, 1.82) is 0 Å². The molecule has 0 amide bonds. The molecule has 6 nitrogen and oxygen atoms in total. The number of pyridine rings is 1. The minimum Gasteiger partial charge on any atom is -0.481 e. The van der Waals surface area contributed by atoms with Crippen LogP contribution in [0.1, 0.15) is 12.8 Å². The van der Waals surface area contributed by atoms with Gasteiger partial charge in [-0.25, -0.2) is 9.97 Å². The van der Waals surface area contributed by atoms with Crippen molar-refractivity contribution >= 4 is 23.1 Å². The van der Waals surface area contributed by atoms with Crippen LogP contribution in [0.2, 0.25) is 5.02 Å². The molecule has 1 aliphatic heterocycles. The molecule has 0 aromatic carbocycles. The first kappa shape index (κ1) is 14.8. The van der Waals surface area contributed by atoms with E-state index in [2.05, 4.69) is 25.2 Å². The van der Waals surface area contributed by atoms with Gasteiger partial charge in [0.25, 0.3) is 0 Å². The topological polar surface area (TPSA) is 63.2 Å². The second-order valence-corrected chi connectivity index (χ2v) is 5.59. The van der Waals surface area contributed by atoms with E-state index in [1.54, 1.807) is 19.5 Å². The average Bonchev–Trinajstić information content (AvgIpc) is 2.56. The zero-order chi connectivity index (χ0) is 15.4. The number of nitrogens with zero attached hydrogens (tertiary/aromatic N) is 4. The molecule has 0 aliphatic carbocycles. The van der Waals surface area contributed by atoms with Crippen molar-refractivity contribution in [2.45, 2.75) is 18.9 Å². The number of aromatic nitrogens is 3. The van der Waals surface area contributed by atoms with Crippen molar-refractivity contribution in [2.75, 3.05) is 30.4 Å². The first-order chi connectivity index (χ1) is 10.8. The van der Waals surface area contributed by atoms with Crippen LogP contribution in [0.15, 0.2) is 30.9 Å². The third kappa shape index (κ3) is 3.39. The van der Waals surface area contributed by atoms with Gasteiger partial charge in [-0.3, -0.25) is 4.98 Å². The van der Waals surface area contributed by atoms with Crippen molar-refractivity contribution < 1.29 is 4.74 Å². The van der Waals surface area contributed by atoms with Gasteiger partial charge in [0.1, 0.15) is 12.1 Å². The first-order valence-electron chi connectivity index (χ1n) is 7.23. The molecule has 0 bridgehead atoms. The van der Waals surface area contributed by atoms with Crippen molar-refractivity contribution in [3.05, 3.63) is 35.9 Å². The smallest absolute Gasteiger partial charge is 0.218 e. The Morgan fingerprint density at radius 2 is 2.14 bits per heavy atom. The molecule has 116 valence electrons. The Morgan fingerprint density at radius 1 is 1.32 bits per heavy atom. The van der Waals surface area contributed by atoms with E-state index < -0.39 is 0 Å². The zero-order valence-corrected chi connectivity index (χ0v) is 13.1. The molecule has 0 saturated carbocycles. The van der Waals surface area contributed by atoms with Crippen molar-refractivity contribution in [1.82, 2.24) is 15.0 Å². The second-order valence-electron chi connectivity index (χ2n) is 5.18. The lowest BCUT2D eigenvalue weighted by atomic mass is 10.0. The Kier molecular flexibility index (Phi) is 4.58. The van der Waals surface area contributed by atoms with E-state index in [9.17, 15) is 0 Å². The SMILES string of the molecule is COc1cc(NC2CCN(c3ccncc3Cl)CC2)ncn1. The maximum absolute atomic E-state index is 6.21. The fourth-order valence-corrected chi connectivity index (χ4v) is 2.87. The van der Waals surface area contributed by atoms with Gasteiger partial charge in [0, 0.05) is 37.6 Å². The van der Waals surface area contributed by atoms with E-state index >= 15 is 0 Å². The summed E-state index contributed by atoms with van der Waals surface area (Å²) in [5.41, 5.74) is 1.05. The van der Waals surface area contributed by atoms with Crippen LogP contribution in [0, 0.1) is 0 Å².